The van der Waals surface area contributed by atoms with Crippen LogP contribution >= 0.6 is 0 Å². The second-order valence-corrected chi connectivity index (χ2v) is 14.5. The van der Waals surface area contributed by atoms with Gasteiger partial charge in [0.2, 0.25) is 0 Å². The van der Waals surface area contributed by atoms with Gasteiger partial charge in [0, 0.05) is 16.7 Å². The zero-order valence-electron chi connectivity index (χ0n) is 30.5. The number of aromatic nitrogens is 2. The van der Waals surface area contributed by atoms with Crippen molar-refractivity contribution >= 4 is 53.9 Å². The summed E-state index contributed by atoms with van der Waals surface area (Å²) in [6.07, 6.45) is 0. The van der Waals surface area contributed by atoms with Gasteiger partial charge in [-0.2, -0.15) is 0 Å². The first-order valence-electron chi connectivity index (χ1n) is 19.2. The molecule has 0 saturated carbocycles. The molecular formula is C54H34N2. The van der Waals surface area contributed by atoms with E-state index in [1.807, 2.05) is 18.2 Å². The van der Waals surface area contributed by atoms with E-state index in [1.54, 1.807) is 0 Å². The Morgan fingerprint density at radius 2 is 0.821 bits per heavy atom. The van der Waals surface area contributed by atoms with Crippen LogP contribution in [0.5, 0.6) is 0 Å². The summed E-state index contributed by atoms with van der Waals surface area (Å²) in [6, 6.07) is 74.1. The molecule has 0 aliphatic rings. The molecule has 260 valence electrons. The molecule has 0 unspecified atom stereocenters. The van der Waals surface area contributed by atoms with Gasteiger partial charge in [0.15, 0.2) is 5.82 Å². The van der Waals surface area contributed by atoms with Crippen molar-refractivity contribution in [2.45, 2.75) is 0 Å². The number of hydrogen-bond acceptors (Lipinski definition) is 2. The summed E-state index contributed by atoms with van der Waals surface area (Å²) >= 11 is 0. The lowest BCUT2D eigenvalue weighted by Gasteiger charge is -2.17. The van der Waals surface area contributed by atoms with Crippen LogP contribution in [0.25, 0.3) is 110 Å². The molecule has 56 heavy (non-hydrogen) atoms. The van der Waals surface area contributed by atoms with Crippen LogP contribution in [0, 0.1) is 0 Å². The molecule has 0 fully saturated rings. The van der Waals surface area contributed by atoms with E-state index in [1.165, 1.54) is 70.7 Å². The van der Waals surface area contributed by atoms with Crippen LogP contribution < -0.4 is 0 Å². The lowest BCUT2D eigenvalue weighted by Crippen LogP contribution is -1.97. The molecule has 0 amide bonds. The van der Waals surface area contributed by atoms with Crippen molar-refractivity contribution in [3.63, 3.8) is 0 Å². The summed E-state index contributed by atoms with van der Waals surface area (Å²) in [4.78, 5) is 10.5. The normalized spacial score (nSPS) is 11.6. The second kappa shape index (κ2) is 13.2. The van der Waals surface area contributed by atoms with Crippen LogP contribution in [0.4, 0.5) is 0 Å². The average Bonchev–Trinajstić information content (AvgIpc) is 3.28. The molecule has 0 aliphatic heterocycles. The number of nitrogens with zero attached hydrogens (tertiary/aromatic N) is 2. The first-order valence-corrected chi connectivity index (χ1v) is 19.2. The Morgan fingerprint density at radius 3 is 1.61 bits per heavy atom. The highest BCUT2D eigenvalue weighted by molar-refractivity contribution is 6.23. The van der Waals surface area contributed by atoms with Gasteiger partial charge >= 0.3 is 0 Å². The maximum Gasteiger partial charge on any atom is 0.160 e. The Balaban J connectivity index is 1.10. The van der Waals surface area contributed by atoms with Crippen molar-refractivity contribution in [3.05, 3.63) is 206 Å². The summed E-state index contributed by atoms with van der Waals surface area (Å²) in [5, 5.41) is 12.4. The van der Waals surface area contributed by atoms with Gasteiger partial charge in [0.25, 0.3) is 0 Å². The van der Waals surface area contributed by atoms with Gasteiger partial charge in [-0.15, -0.1) is 0 Å². The quantitative estimate of drug-likeness (QED) is 0.131. The molecule has 0 bridgehead atoms. The third-order valence-electron chi connectivity index (χ3n) is 11.3. The summed E-state index contributed by atoms with van der Waals surface area (Å²) in [7, 11) is 0. The van der Waals surface area contributed by atoms with Gasteiger partial charge in [0.05, 0.1) is 11.4 Å². The molecule has 2 heteroatoms. The molecule has 0 saturated heterocycles. The van der Waals surface area contributed by atoms with E-state index in [-0.39, 0.29) is 0 Å². The van der Waals surface area contributed by atoms with Crippen molar-refractivity contribution in [3.8, 4) is 56.2 Å². The van der Waals surface area contributed by atoms with Crippen molar-refractivity contribution in [2.75, 3.05) is 0 Å². The van der Waals surface area contributed by atoms with Crippen LogP contribution in [0.2, 0.25) is 0 Å². The van der Waals surface area contributed by atoms with Gasteiger partial charge in [-0.25, -0.2) is 9.97 Å². The molecule has 0 aliphatic carbocycles. The third-order valence-corrected chi connectivity index (χ3v) is 11.3. The topological polar surface area (TPSA) is 25.8 Å². The molecule has 1 aromatic heterocycles. The Bertz CT molecular complexity index is 3290. The predicted octanol–water partition coefficient (Wildman–Crippen LogP) is 14.6. The standard InChI is InChI=1S/C54H34N2/c1-2-15-39(16-3-1)54-55-51(38-27-25-37(26-28-38)42-24-12-18-35-13-4-7-19-41(35)42)34-52(56-54)47-31-32-48(46-23-11-10-22-45(46)47)53-44-21-9-6-17-40(44)33-50-43-20-8-5-14-36(43)29-30-49(50)53/h1-34H. The zero-order chi connectivity index (χ0) is 37.0. The fourth-order valence-electron chi connectivity index (χ4n) is 8.60. The summed E-state index contributed by atoms with van der Waals surface area (Å²) in [5.74, 6) is 0.705. The average molecular weight is 711 g/mol. The molecule has 0 spiro atoms. The highest BCUT2D eigenvalue weighted by Crippen LogP contribution is 2.44. The van der Waals surface area contributed by atoms with Crippen LogP contribution in [-0.2, 0) is 0 Å². The van der Waals surface area contributed by atoms with Crippen LogP contribution in [0.3, 0.4) is 0 Å². The molecule has 11 aromatic rings. The lowest BCUT2D eigenvalue weighted by atomic mass is 9.86. The predicted molar refractivity (Wildman–Crippen MR) is 237 cm³/mol. The van der Waals surface area contributed by atoms with Crippen LogP contribution in [0.15, 0.2) is 206 Å². The van der Waals surface area contributed by atoms with Gasteiger partial charge in [0.1, 0.15) is 0 Å². The van der Waals surface area contributed by atoms with Gasteiger partial charge in [-0.3, -0.25) is 0 Å². The van der Waals surface area contributed by atoms with E-state index in [4.69, 9.17) is 9.97 Å². The van der Waals surface area contributed by atoms with E-state index >= 15 is 0 Å². The fourth-order valence-corrected chi connectivity index (χ4v) is 8.60. The smallest absolute Gasteiger partial charge is 0.160 e. The minimum atomic E-state index is 0.705. The number of fused-ring (bicyclic) bond motifs is 6. The highest BCUT2D eigenvalue weighted by atomic mass is 14.9. The van der Waals surface area contributed by atoms with Crippen molar-refractivity contribution < 1.29 is 0 Å². The highest BCUT2D eigenvalue weighted by Gasteiger charge is 2.18. The Labute approximate surface area is 325 Å². The molecule has 0 N–H and O–H groups in total. The lowest BCUT2D eigenvalue weighted by molar-refractivity contribution is 1.18. The maximum absolute atomic E-state index is 5.27. The summed E-state index contributed by atoms with van der Waals surface area (Å²) < 4.78 is 0. The Kier molecular flexibility index (Phi) is 7.53. The van der Waals surface area contributed by atoms with Crippen LogP contribution in [-0.4, -0.2) is 9.97 Å². The Morgan fingerprint density at radius 1 is 0.250 bits per heavy atom. The molecule has 1 heterocycles. The first kappa shape index (κ1) is 32.0. The van der Waals surface area contributed by atoms with Gasteiger partial charge in [-0.1, -0.05) is 194 Å². The maximum atomic E-state index is 5.27. The molecule has 0 radical (unpaired) electrons. The van der Waals surface area contributed by atoms with E-state index in [0.29, 0.717) is 5.82 Å². The SMILES string of the molecule is c1ccc(-c2nc(-c3ccc(-c4cccc5ccccc45)cc3)cc(-c3ccc(-c4c5ccccc5cc5c4ccc4ccccc45)c4ccccc34)n2)cc1. The van der Waals surface area contributed by atoms with E-state index in [2.05, 4.69) is 188 Å². The molecule has 2 nitrogen and oxygen atoms in total. The Hall–Kier alpha value is -7.42. The van der Waals surface area contributed by atoms with Gasteiger partial charge < -0.3 is 0 Å². The summed E-state index contributed by atoms with van der Waals surface area (Å²) in [6.45, 7) is 0. The third kappa shape index (κ3) is 5.34. The largest absolute Gasteiger partial charge is 0.228 e. The minimum absolute atomic E-state index is 0.705. The van der Waals surface area contributed by atoms with Crippen molar-refractivity contribution in [1.82, 2.24) is 9.97 Å². The van der Waals surface area contributed by atoms with Crippen LogP contribution in [0.1, 0.15) is 0 Å². The zero-order valence-corrected chi connectivity index (χ0v) is 30.5. The monoisotopic (exact) mass is 710 g/mol. The van der Waals surface area contributed by atoms with E-state index in [0.717, 1.165) is 33.5 Å². The number of rotatable bonds is 5. The van der Waals surface area contributed by atoms with Crippen molar-refractivity contribution in [2.24, 2.45) is 0 Å². The van der Waals surface area contributed by atoms with E-state index < -0.39 is 0 Å². The molecule has 10 aromatic carbocycles. The summed E-state index contributed by atoms with van der Waals surface area (Å²) in [5.41, 5.74) is 9.76. The number of benzene rings is 10. The first-order chi connectivity index (χ1) is 27.8. The second-order valence-electron chi connectivity index (χ2n) is 14.5. The van der Waals surface area contributed by atoms with Crippen molar-refractivity contribution in [1.29, 1.82) is 0 Å². The molecule has 0 atom stereocenters. The molecular weight excluding hydrogens is 677 g/mol. The van der Waals surface area contributed by atoms with Gasteiger partial charge in [-0.05, 0) is 88.2 Å². The number of hydrogen-bond donors (Lipinski definition) is 0. The van der Waals surface area contributed by atoms with E-state index in [9.17, 15) is 0 Å². The molecule has 11 rings (SSSR count). The fraction of sp³-hybridized carbons (Fsp3) is 0. The minimum Gasteiger partial charge on any atom is -0.228 e.